The molecule has 66 valence electrons. The molecule has 0 saturated carbocycles. The molecule has 1 rings (SSSR count). The van der Waals surface area contributed by atoms with Crippen molar-refractivity contribution >= 4 is 11.8 Å². The molecule has 0 aliphatic rings. The zero-order chi connectivity index (χ0) is 8.97. The van der Waals surface area contributed by atoms with Gasteiger partial charge in [-0.15, -0.1) is 0 Å². The second-order valence-corrected chi connectivity index (χ2v) is 2.66. The molecule has 0 saturated heterocycles. The third kappa shape index (κ3) is 2.71. The van der Waals surface area contributed by atoms with Crippen LogP contribution in [0.2, 0.25) is 0 Å². The van der Waals surface area contributed by atoms with E-state index in [1.807, 2.05) is 6.92 Å². The van der Waals surface area contributed by atoms with Crippen LogP contribution in [0.25, 0.3) is 0 Å². The Morgan fingerprint density at radius 3 is 3.00 bits per heavy atom. The van der Waals surface area contributed by atoms with Crippen LogP contribution in [-0.4, -0.2) is 22.6 Å². The van der Waals surface area contributed by atoms with E-state index in [2.05, 4.69) is 15.3 Å². The van der Waals surface area contributed by atoms with Crippen LogP contribution in [0.3, 0.4) is 0 Å². The Bertz CT molecular complexity index is 247. The predicted octanol–water partition coefficient (Wildman–Crippen LogP) is -0.182. The first kappa shape index (κ1) is 8.73. The van der Waals surface area contributed by atoms with E-state index in [0.29, 0.717) is 12.4 Å². The first-order chi connectivity index (χ1) is 5.68. The normalized spacial score (nSPS) is 12.5. The molecule has 0 fully saturated rings. The molecule has 1 heterocycles. The van der Waals surface area contributed by atoms with E-state index >= 15 is 0 Å². The number of anilines is 2. The van der Waals surface area contributed by atoms with E-state index in [0.717, 1.165) is 0 Å². The van der Waals surface area contributed by atoms with E-state index in [9.17, 15) is 0 Å². The summed E-state index contributed by atoms with van der Waals surface area (Å²) in [5, 5.41) is 3.03. The van der Waals surface area contributed by atoms with Crippen LogP contribution in [0.4, 0.5) is 11.8 Å². The van der Waals surface area contributed by atoms with Crippen molar-refractivity contribution in [2.24, 2.45) is 5.73 Å². The first-order valence-electron chi connectivity index (χ1n) is 3.76. The molecule has 5 N–H and O–H groups in total. The zero-order valence-corrected chi connectivity index (χ0v) is 6.99. The van der Waals surface area contributed by atoms with E-state index in [4.69, 9.17) is 11.5 Å². The van der Waals surface area contributed by atoms with Gasteiger partial charge in [-0.2, -0.15) is 4.98 Å². The molecule has 0 aromatic carbocycles. The van der Waals surface area contributed by atoms with Crippen molar-refractivity contribution in [2.75, 3.05) is 17.6 Å². The van der Waals surface area contributed by atoms with Gasteiger partial charge in [0, 0.05) is 18.8 Å². The molecular weight excluding hydrogens is 154 g/mol. The maximum Gasteiger partial charge on any atom is 0.221 e. The third-order valence-electron chi connectivity index (χ3n) is 1.28. The number of nitrogens with one attached hydrogen (secondary N) is 1. The summed E-state index contributed by atoms with van der Waals surface area (Å²) in [6, 6.07) is 1.85. The molecule has 1 aromatic rings. The number of hydrogen-bond acceptors (Lipinski definition) is 5. The van der Waals surface area contributed by atoms with Gasteiger partial charge in [-0.05, 0) is 13.0 Å². The van der Waals surface area contributed by atoms with Gasteiger partial charge >= 0.3 is 0 Å². The summed E-state index contributed by atoms with van der Waals surface area (Å²) in [4.78, 5) is 7.71. The summed E-state index contributed by atoms with van der Waals surface area (Å²) in [6.45, 7) is 2.59. The standard InChI is InChI=1S/C7H13N5/c1-5(8)4-11-6-2-3-10-7(9)12-6/h2-3,5H,4,8H2,1H3,(H3,9,10,11,12)/t5-/m1/s1. The lowest BCUT2D eigenvalue weighted by Crippen LogP contribution is -2.25. The number of nitrogens with two attached hydrogens (primary N) is 2. The largest absolute Gasteiger partial charge is 0.368 e. The van der Waals surface area contributed by atoms with Crippen molar-refractivity contribution in [3.05, 3.63) is 12.3 Å². The Morgan fingerprint density at radius 2 is 2.42 bits per heavy atom. The Balaban J connectivity index is 2.52. The monoisotopic (exact) mass is 167 g/mol. The van der Waals surface area contributed by atoms with Crippen LogP contribution in [0, 0.1) is 0 Å². The fraction of sp³-hybridized carbons (Fsp3) is 0.429. The number of aromatic nitrogens is 2. The molecule has 5 nitrogen and oxygen atoms in total. The van der Waals surface area contributed by atoms with E-state index in [-0.39, 0.29) is 12.0 Å². The Hall–Kier alpha value is -1.36. The molecule has 0 spiro atoms. The van der Waals surface area contributed by atoms with Gasteiger partial charge < -0.3 is 16.8 Å². The highest BCUT2D eigenvalue weighted by atomic mass is 15.1. The van der Waals surface area contributed by atoms with Crippen LogP contribution in [0.1, 0.15) is 6.92 Å². The highest BCUT2D eigenvalue weighted by Crippen LogP contribution is 2.01. The minimum Gasteiger partial charge on any atom is -0.368 e. The minimum absolute atomic E-state index is 0.0983. The maximum absolute atomic E-state index is 5.54. The molecule has 1 atom stereocenters. The fourth-order valence-electron chi connectivity index (χ4n) is 0.738. The number of nitrogens with zero attached hydrogens (tertiary/aromatic N) is 2. The van der Waals surface area contributed by atoms with Crippen molar-refractivity contribution < 1.29 is 0 Å². The van der Waals surface area contributed by atoms with E-state index in [1.54, 1.807) is 12.3 Å². The second kappa shape index (κ2) is 3.87. The summed E-state index contributed by atoms with van der Waals surface area (Å²) in [5.41, 5.74) is 10.9. The average Bonchev–Trinajstić information content (AvgIpc) is 2.01. The van der Waals surface area contributed by atoms with Crippen LogP contribution in [0.5, 0.6) is 0 Å². The van der Waals surface area contributed by atoms with Gasteiger partial charge in [0.15, 0.2) is 0 Å². The lowest BCUT2D eigenvalue weighted by Gasteiger charge is -2.07. The molecule has 0 aliphatic heterocycles. The lowest BCUT2D eigenvalue weighted by atomic mass is 10.3. The van der Waals surface area contributed by atoms with Crippen molar-refractivity contribution in [3.8, 4) is 0 Å². The molecule has 0 amide bonds. The van der Waals surface area contributed by atoms with Gasteiger partial charge in [0.25, 0.3) is 0 Å². The van der Waals surface area contributed by atoms with Crippen LogP contribution < -0.4 is 16.8 Å². The molecule has 0 unspecified atom stereocenters. The van der Waals surface area contributed by atoms with Crippen LogP contribution in [-0.2, 0) is 0 Å². The summed E-state index contributed by atoms with van der Waals surface area (Å²) in [6.07, 6.45) is 1.60. The average molecular weight is 167 g/mol. The molecule has 0 bridgehead atoms. The van der Waals surface area contributed by atoms with Gasteiger partial charge in [0.05, 0.1) is 0 Å². The first-order valence-corrected chi connectivity index (χ1v) is 3.76. The summed E-state index contributed by atoms with van der Waals surface area (Å²) in [5.74, 6) is 0.976. The van der Waals surface area contributed by atoms with Gasteiger partial charge in [0.2, 0.25) is 5.95 Å². The summed E-state index contributed by atoms with van der Waals surface area (Å²) < 4.78 is 0. The quantitative estimate of drug-likeness (QED) is 0.581. The molecular formula is C7H13N5. The third-order valence-corrected chi connectivity index (χ3v) is 1.28. The maximum atomic E-state index is 5.54. The topological polar surface area (TPSA) is 89.8 Å². The minimum atomic E-state index is 0.0983. The van der Waals surface area contributed by atoms with Gasteiger partial charge in [-0.25, -0.2) is 4.98 Å². The zero-order valence-electron chi connectivity index (χ0n) is 6.99. The molecule has 5 heteroatoms. The van der Waals surface area contributed by atoms with Crippen molar-refractivity contribution in [2.45, 2.75) is 13.0 Å². The summed E-state index contributed by atoms with van der Waals surface area (Å²) in [7, 11) is 0. The number of hydrogen-bond donors (Lipinski definition) is 3. The Morgan fingerprint density at radius 1 is 1.67 bits per heavy atom. The van der Waals surface area contributed by atoms with Crippen molar-refractivity contribution in [1.29, 1.82) is 0 Å². The van der Waals surface area contributed by atoms with Gasteiger partial charge in [0.1, 0.15) is 5.82 Å². The van der Waals surface area contributed by atoms with E-state index in [1.165, 1.54) is 0 Å². The lowest BCUT2D eigenvalue weighted by molar-refractivity contribution is 0.777. The second-order valence-electron chi connectivity index (χ2n) is 2.66. The van der Waals surface area contributed by atoms with Gasteiger partial charge in [-0.1, -0.05) is 0 Å². The smallest absolute Gasteiger partial charge is 0.221 e. The Kier molecular flexibility index (Phi) is 2.82. The van der Waals surface area contributed by atoms with Crippen molar-refractivity contribution in [3.63, 3.8) is 0 Å². The number of nitrogen functional groups attached to an aromatic ring is 1. The highest BCUT2D eigenvalue weighted by Gasteiger charge is 1.96. The van der Waals surface area contributed by atoms with Crippen LogP contribution in [0.15, 0.2) is 12.3 Å². The molecule has 0 aliphatic carbocycles. The van der Waals surface area contributed by atoms with Gasteiger partial charge in [-0.3, -0.25) is 0 Å². The number of rotatable bonds is 3. The van der Waals surface area contributed by atoms with E-state index < -0.39 is 0 Å². The SMILES string of the molecule is C[C@@H](N)CNc1ccnc(N)n1. The molecule has 1 aromatic heterocycles. The molecule has 12 heavy (non-hydrogen) atoms. The fourth-order valence-corrected chi connectivity index (χ4v) is 0.738. The van der Waals surface area contributed by atoms with Crippen LogP contribution >= 0.6 is 0 Å². The van der Waals surface area contributed by atoms with Crippen molar-refractivity contribution in [1.82, 2.24) is 9.97 Å². The summed E-state index contributed by atoms with van der Waals surface area (Å²) >= 11 is 0. The molecule has 0 radical (unpaired) electrons. The highest BCUT2D eigenvalue weighted by molar-refractivity contribution is 5.37. The Labute approximate surface area is 71.2 Å². The predicted molar refractivity (Wildman–Crippen MR) is 48.6 cm³/mol.